The van der Waals surface area contributed by atoms with Crippen LogP contribution in [-0.2, 0) is 11.4 Å². The van der Waals surface area contributed by atoms with Crippen molar-refractivity contribution in [2.75, 3.05) is 0 Å². The third-order valence-electron chi connectivity index (χ3n) is 8.97. The Hall–Kier alpha value is -1.15. The summed E-state index contributed by atoms with van der Waals surface area (Å²) in [6, 6.07) is 13.1. The van der Waals surface area contributed by atoms with Crippen molar-refractivity contribution in [1.29, 1.82) is 0 Å². The van der Waals surface area contributed by atoms with Gasteiger partial charge in [-0.15, -0.1) is 0 Å². The Morgan fingerprint density at radius 2 is 0.551 bits per heavy atom. The van der Waals surface area contributed by atoms with E-state index in [0.29, 0.717) is 0 Å². The van der Waals surface area contributed by atoms with Crippen molar-refractivity contribution in [2.24, 2.45) is 0 Å². The summed E-state index contributed by atoms with van der Waals surface area (Å²) < 4.78 is 0. The number of hydrogen-bond acceptors (Lipinski definition) is 3. The summed E-state index contributed by atoms with van der Waals surface area (Å²) in [4.78, 5) is 12.3. The van der Waals surface area contributed by atoms with Crippen molar-refractivity contribution >= 4 is 30.1 Å². The van der Waals surface area contributed by atoms with Gasteiger partial charge in [0.15, 0.2) is 0 Å². The predicted octanol–water partition coefficient (Wildman–Crippen LogP) is 15.7. The van der Waals surface area contributed by atoms with Crippen LogP contribution in [0.2, 0.25) is 0 Å². The summed E-state index contributed by atoms with van der Waals surface area (Å²) in [5, 5.41) is 0. The molecule has 0 atom stereocenters. The first kappa shape index (κ1) is 47.9. The molecular formula is C42H69Cl3CrN3. The summed E-state index contributed by atoms with van der Waals surface area (Å²) in [6.45, 7) is 13.6. The predicted molar refractivity (Wildman–Crippen MR) is 216 cm³/mol. The molecule has 3 rings (SSSR count). The van der Waals surface area contributed by atoms with Crippen LogP contribution in [0.15, 0.2) is 73.6 Å². The summed E-state index contributed by atoms with van der Waals surface area (Å²) in [6.07, 6.45) is 35.4. The van der Waals surface area contributed by atoms with Gasteiger partial charge >= 0.3 is 41.5 Å². The average molecular weight is 774 g/mol. The number of unbranched alkanes of at least 4 members (excludes halogenated alkanes) is 6. The van der Waals surface area contributed by atoms with Gasteiger partial charge in [0.05, 0.1) is 0 Å². The van der Waals surface area contributed by atoms with Gasteiger partial charge < -0.3 is 0 Å². The summed E-state index contributed by atoms with van der Waals surface area (Å²) in [5.41, 5.74) is 4.44. The van der Waals surface area contributed by atoms with Crippen LogP contribution < -0.4 is 0 Å². The number of pyridine rings is 3. The van der Waals surface area contributed by atoms with Crippen molar-refractivity contribution in [3.05, 3.63) is 90.3 Å². The molecule has 3 heterocycles. The minimum atomic E-state index is -1.62. The Balaban J connectivity index is 0.000000667. The normalized spacial score (nSPS) is 10.7. The molecule has 0 amide bonds. The molecule has 0 aliphatic heterocycles. The zero-order valence-corrected chi connectivity index (χ0v) is 35.3. The monoisotopic (exact) mass is 772 g/mol. The van der Waals surface area contributed by atoms with Crippen LogP contribution in [0.1, 0.15) is 192 Å². The molecule has 7 heteroatoms. The molecule has 0 radical (unpaired) electrons. The van der Waals surface area contributed by atoms with Crippen molar-refractivity contribution < 1.29 is 11.4 Å². The van der Waals surface area contributed by atoms with Gasteiger partial charge in [-0.2, -0.15) is 0 Å². The number of halogens is 3. The SMILES string of the molecule is CCCCC(CCCC)c1ccncc1.CCCCC(CCCC)c1ccncc1.CCCCC(CCCC)c1ccncc1.[Cl][Cr]([Cl])[Cl]. The van der Waals surface area contributed by atoms with Crippen molar-refractivity contribution in [2.45, 2.75) is 175 Å². The summed E-state index contributed by atoms with van der Waals surface area (Å²) in [7, 11) is 14.8. The first-order chi connectivity index (χ1) is 23.9. The molecule has 0 saturated carbocycles. The van der Waals surface area contributed by atoms with E-state index in [1.165, 1.54) is 132 Å². The molecule has 0 aliphatic carbocycles. The molecule has 0 saturated heterocycles. The molecule has 0 bridgehead atoms. The fourth-order valence-corrected chi connectivity index (χ4v) is 6.04. The molecule has 3 aromatic rings. The van der Waals surface area contributed by atoms with Gasteiger partial charge in [0.2, 0.25) is 0 Å². The van der Waals surface area contributed by atoms with Gasteiger partial charge in [0, 0.05) is 37.2 Å². The standard InChI is InChI=1S/3C14H23N.3ClH.Cr/c3*1-3-5-7-13(8-6-4-2)14-9-11-15-12-10-14;;;;/h3*9-13H,3-8H2,1-2H3;3*1H;/q;;;;;;+3/p-3. The Morgan fingerprint density at radius 1 is 0.388 bits per heavy atom. The van der Waals surface area contributed by atoms with E-state index in [1.54, 1.807) is 0 Å². The van der Waals surface area contributed by atoms with E-state index in [-0.39, 0.29) is 0 Å². The number of aromatic nitrogens is 3. The van der Waals surface area contributed by atoms with E-state index in [2.05, 4.69) is 92.9 Å². The third kappa shape index (κ3) is 27.2. The summed E-state index contributed by atoms with van der Waals surface area (Å²) in [5.74, 6) is 2.27. The minimum absolute atomic E-state index is 0.757. The van der Waals surface area contributed by atoms with Crippen LogP contribution in [0, 0.1) is 0 Å². The Kier molecular flexibility index (Phi) is 34.4. The Bertz CT molecular complexity index is 902. The van der Waals surface area contributed by atoms with E-state index in [9.17, 15) is 0 Å². The van der Waals surface area contributed by atoms with Crippen molar-refractivity contribution in [3.8, 4) is 0 Å². The molecule has 0 unspecified atom stereocenters. The first-order valence-electron chi connectivity index (χ1n) is 19.3. The molecule has 0 fully saturated rings. The van der Waals surface area contributed by atoms with Gasteiger partial charge in [-0.05, 0) is 109 Å². The van der Waals surface area contributed by atoms with Gasteiger partial charge in [0.1, 0.15) is 0 Å². The second-order valence-electron chi connectivity index (χ2n) is 13.0. The van der Waals surface area contributed by atoms with Crippen LogP contribution in [-0.4, -0.2) is 15.0 Å². The summed E-state index contributed by atoms with van der Waals surface area (Å²) >= 11 is -1.62. The van der Waals surface area contributed by atoms with E-state index in [0.717, 1.165) is 17.8 Å². The van der Waals surface area contributed by atoms with Gasteiger partial charge in [-0.1, -0.05) is 119 Å². The van der Waals surface area contributed by atoms with Gasteiger partial charge in [0.25, 0.3) is 0 Å². The molecule has 0 aliphatic rings. The zero-order chi connectivity index (χ0) is 36.4. The van der Waals surface area contributed by atoms with E-state index >= 15 is 0 Å². The maximum atomic E-state index is 4.93. The molecule has 279 valence electrons. The van der Waals surface area contributed by atoms with Crippen LogP contribution in [0.4, 0.5) is 0 Å². The maximum absolute atomic E-state index is 4.93. The van der Waals surface area contributed by atoms with Gasteiger partial charge in [-0.25, -0.2) is 0 Å². The number of rotatable bonds is 21. The van der Waals surface area contributed by atoms with E-state index < -0.39 is 11.4 Å². The first-order valence-corrected chi connectivity index (χ1v) is 24.6. The Morgan fingerprint density at radius 3 is 0.694 bits per heavy atom. The molecule has 49 heavy (non-hydrogen) atoms. The van der Waals surface area contributed by atoms with Crippen LogP contribution >= 0.6 is 30.1 Å². The topological polar surface area (TPSA) is 38.7 Å². The molecule has 0 aromatic carbocycles. The third-order valence-corrected chi connectivity index (χ3v) is 8.97. The van der Waals surface area contributed by atoms with Gasteiger partial charge in [-0.3, -0.25) is 15.0 Å². The van der Waals surface area contributed by atoms with Crippen molar-refractivity contribution in [3.63, 3.8) is 0 Å². The second-order valence-corrected chi connectivity index (χ2v) is 19.3. The molecular weight excluding hydrogens is 705 g/mol. The molecule has 3 aromatic heterocycles. The second kappa shape index (κ2) is 35.3. The molecule has 3 nitrogen and oxygen atoms in total. The molecule has 0 N–H and O–H groups in total. The number of hydrogen-bond donors (Lipinski definition) is 0. The fourth-order valence-electron chi connectivity index (χ4n) is 6.04. The van der Waals surface area contributed by atoms with Crippen LogP contribution in [0.3, 0.4) is 0 Å². The van der Waals surface area contributed by atoms with E-state index in [4.69, 9.17) is 30.1 Å². The zero-order valence-electron chi connectivity index (χ0n) is 31.8. The Labute approximate surface area is 319 Å². The quantitative estimate of drug-likeness (QED) is 0.108. The average Bonchev–Trinajstić information content (AvgIpc) is 3.13. The van der Waals surface area contributed by atoms with Crippen molar-refractivity contribution in [1.82, 2.24) is 15.0 Å². The number of nitrogens with zero attached hydrogens (tertiary/aromatic N) is 3. The fraction of sp³-hybridized carbons (Fsp3) is 0.643. The van der Waals surface area contributed by atoms with E-state index in [1.807, 2.05) is 37.2 Å². The van der Waals surface area contributed by atoms with Crippen LogP contribution in [0.25, 0.3) is 0 Å². The van der Waals surface area contributed by atoms with Crippen LogP contribution in [0.5, 0.6) is 0 Å². The molecule has 0 spiro atoms.